The molecule has 0 aliphatic carbocycles. The minimum absolute atomic E-state index is 0.210. The lowest BCUT2D eigenvalue weighted by Gasteiger charge is -2.14. The van der Waals surface area contributed by atoms with Gasteiger partial charge < -0.3 is 19.9 Å². The molecule has 6 heteroatoms. The molecule has 0 saturated carbocycles. The Morgan fingerprint density at radius 2 is 2.06 bits per heavy atom. The largest absolute Gasteiger partial charge is 0.480 e. The molecule has 0 bridgehead atoms. The highest BCUT2D eigenvalue weighted by molar-refractivity contribution is 5.25. The lowest BCUT2D eigenvalue weighted by Crippen LogP contribution is -2.15. The van der Waals surface area contributed by atoms with Crippen LogP contribution in [0.25, 0.3) is 0 Å². The Hall–Kier alpha value is -1.40. The summed E-state index contributed by atoms with van der Waals surface area (Å²) in [6, 6.07) is -0.210. The van der Waals surface area contributed by atoms with Gasteiger partial charge in [0.1, 0.15) is 5.69 Å². The molecule has 6 nitrogen and oxygen atoms in total. The van der Waals surface area contributed by atoms with E-state index in [1.54, 1.807) is 7.11 Å². The summed E-state index contributed by atoms with van der Waals surface area (Å²) in [6.45, 7) is 0.680. The molecule has 1 heterocycles. The fourth-order valence-corrected chi connectivity index (χ4v) is 1.45. The molecule has 1 rings (SSSR count). The van der Waals surface area contributed by atoms with Crippen molar-refractivity contribution in [3.8, 4) is 11.8 Å². The minimum Gasteiger partial charge on any atom is -0.480 e. The van der Waals surface area contributed by atoms with E-state index in [4.69, 9.17) is 19.9 Å². The number of ether oxygens (including phenoxy) is 3. The number of methoxy groups -OCH3 is 3. The number of aromatic nitrogens is 2. The molecule has 1 unspecified atom stereocenters. The van der Waals surface area contributed by atoms with Crippen LogP contribution in [0.3, 0.4) is 0 Å². The van der Waals surface area contributed by atoms with Gasteiger partial charge in [0.05, 0.1) is 26.5 Å². The number of nitrogens with two attached hydrogens (primary N) is 1. The summed E-state index contributed by atoms with van der Waals surface area (Å²) >= 11 is 0. The molecule has 0 spiro atoms. The summed E-state index contributed by atoms with van der Waals surface area (Å²) in [7, 11) is 4.73. The molecule has 17 heavy (non-hydrogen) atoms. The molecular weight excluding hydrogens is 222 g/mol. The Bertz CT molecular complexity index is 347. The van der Waals surface area contributed by atoms with Crippen molar-refractivity contribution in [1.82, 2.24) is 9.97 Å². The minimum atomic E-state index is -0.210. The highest BCUT2D eigenvalue weighted by Crippen LogP contribution is 2.24. The van der Waals surface area contributed by atoms with Crippen LogP contribution in [0.1, 0.15) is 24.6 Å². The average Bonchev–Trinajstić information content (AvgIpc) is 2.38. The second-order valence-corrected chi connectivity index (χ2v) is 3.55. The van der Waals surface area contributed by atoms with Gasteiger partial charge in [-0.3, -0.25) is 0 Å². The molecule has 0 fully saturated rings. The monoisotopic (exact) mass is 241 g/mol. The number of rotatable bonds is 7. The van der Waals surface area contributed by atoms with Crippen molar-refractivity contribution < 1.29 is 14.2 Å². The number of nitrogens with zero attached hydrogens (tertiary/aromatic N) is 2. The van der Waals surface area contributed by atoms with E-state index < -0.39 is 0 Å². The van der Waals surface area contributed by atoms with Crippen molar-refractivity contribution >= 4 is 0 Å². The molecule has 0 radical (unpaired) electrons. The first-order valence-corrected chi connectivity index (χ1v) is 5.42. The average molecular weight is 241 g/mol. The van der Waals surface area contributed by atoms with Crippen molar-refractivity contribution in [3.05, 3.63) is 11.9 Å². The van der Waals surface area contributed by atoms with E-state index in [1.165, 1.54) is 20.4 Å². The zero-order valence-corrected chi connectivity index (χ0v) is 10.5. The molecule has 0 amide bonds. The van der Waals surface area contributed by atoms with Gasteiger partial charge in [0, 0.05) is 13.7 Å². The van der Waals surface area contributed by atoms with Crippen LogP contribution < -0.4 is 15.2 Å². The van der Waals surface area contributed by atoms with Gasteiger partial charge in [-0.25, -0.2) is 4.98 Å². The van der Waals surface area contributed by atoms with Gasteiger partial charge in [-0.2, -0.15) is 4.98 Å². The van der Waals surface area contributed by atoms with E-state index in [0.29, 0.717) is 24.1 Å². The molecule has 0 aromatic carbocycles. The number of hydrogen-bond acceptors (Lipinski definition) is 6. The Kier molecular flexibility index (Phi) is 5.65. The Balaban J connectivity index is 2.74. The summed E-state index contributed by atoms with van der Waals surface area (Å²) in [6.07, 6.45) is 3.17. The summed E-state index contributed by atoms with van der Waals surface area (Å²) < 4.78 is 15.1. The predicted octanol–water partition coefficient (Wildman–Crippen LogP) is 0.920. The van der Waals surface area contributed by atoms with Crippen LogP contribution in [0.5, 0.6) is 11.8 Å². The summed E-state index contributed by atoms with van der Waals surface area (Å²) in [5.41, 5.74) is 6.67. The topological polar surface area (TPSA) is 79.5 Å². The fourth-order valence-electron chi connectivity index (χ4n) is 1.45. The molecular formula is C11H19N3O3. The standard InChI is InChI=1S/C11H19N3O3/c1-15-6-4-5-8(12)10-11(17-3)14-9(16-2)7-13-10/h7-8H,4-6,12H2,1-3H3. The van der Waals surface area contributed by atoms with Gasteiger partial charge in [0.2, 0.25) is 11.8 Å². The zero-order valence-electron chi connectivity index (χ0n) is 10.5. The maximum absolute atomic E-state index is 6.02. The van der Waals surface area contributed by atoms with Crippen LogP contribution >= 0.6 is 0 Å². The second-order valence-electron chi connectivity index (χ2n) is 3.55. The van der Waals surface area contributed by atoms with Gasteiger partial charge in [0.15, 0.2) is 0 Å². The van der Waals surface area contributed by atoms with Gasteiger partial charge >= 0.3 is 0 Å². The van der Waals surface area contributed by atoms with Crippen molar-refractivity contribution in [1.29, 1.82) is 0 Å². The molecule has 1 aromatic heterocycles. The SMILES string of the molecule is COCCCC(N)c1ncc(OC)nc1OC. The van der Waals surface area contributed by atoms with E-state index in [9.17, 15) is 0 Å². The van der Waals surface area contributed by atoms with Gasteiger partial charge in [-0.05, 0) is 12.8 Å². The zero-order chi connectivity index (χ0) is 12.7. The van der Waals surface area contributed by atoms with E-state index in [0.717, 1.165) is 12.8 Å². The maximum Gasteiger partial charge on any atom is 0.240 e. The van der Waals surface area contributed by atoms with Crippen LogP contribution in [0.4, 0.5) is 0 Å². The lowest BCUT2D eigenvalue weighted by molar-refractivity contribution is 0.190. The molecule has 0 aliphatic rings. The molecule has 1 aromatic rings. The van der Waals surface area contributed by atoms with Crippen molar-refractivity contribution in [2.24, 2.45) is 5.73 Å². The third-order valence-corrected chi connectivity index (χ3v) is 2.36. The van der Waals surface area contributed by atoms with Gasteiger partial charge in [-0.15, -0.1) is 0 Å². The van der Waals surface area contributed by atoms with Crippen molar-refractivity contribution in [3.63, 3.8) is 0 Å². The second kappa shape index (κ2) is 7.03. The first kappa shape index (κ1) is 13.7. The fraction of sp³-hybridized carbons (Fsp3) is 0.636. The van der Waals surface area contributed by atoms with E-state index in [-0.39, 0.29) is 6.04 Å². The van der Waals surface area contributed by atoms with Crippen LogP contribution in [0.15, 0.2) is 6.20 Å². The van der Waals surface area contributed by atoms with Crippen molar-refractivity contribution in [2.75, 3.05) is 27.9 Å². The Labute approximate surface area is 101 Å². The first-order valence-electron chi connectivity index (χ1n) is 5.42. The maximum atomic E-state index is 6.02. The highest BCUT2D eigenvalue weighted by Gasteiger charge is 2.15. The summed E-state index contributed by atoms with van der Waals surface area (Å²) in [4.78, 5) is 8.36. The van der Waals surface area contributed by atoms with Crippen LogP contribution in [-0.2, 0) is 4.74 Å². The third-order valence-electron chi connectivity index (χ3n) is 2.36. The quantitative estimate of drug-likeness (QED) is 0.715. The van der Waals surface area contributed by atoms with E-state index >= 15 is 0 Å². The van der Waals surface area contributed by atoms with E-state index in [2.05, 4.69) is 9.97 Å². The van der Waals surface area contributed by atoms with Crippen LogP contribution in [0, 0.1) is 0 Å². The Morgan fingerprint density at radius 1 is 1.29 bits per heavy atom. The molecule has 0 saturated heterocycles. The first-order chi connectivity index (χ1) is 8.22. The van der Waals surface area contributed by atoms with Gasteiger partial charge in [-0.1, -0.05) is 0 Å². The predicted molar refractivity (Wildman–Crippen MR) is 63.2 cm³/mol. The van der Waals surface area contributed by atoms with Crippen molar-refractivity contribution in [2.45, 2.75) is 18.9 Å². The molecule has 96 valence electrons. The lowest BCUT2D eigenvalue weighted by atomic mass is 10.1. The molecule has 0 aliphatic heterocycles. The van der Waals surface area contributed by atoms with Crippen LogP contribution in [-0.4, -0.2) is 37.9 Å². The van der Waals surface area contributed by atoms with Crippen LogP contribution in [0.2, 0.25) is 0 Å². The third kappa shape index (κ3) is 3.83. The Morgan fingerprint density at radius 3 is 2.65 bits per heavy atom. The summed E-state index contributed by atoms with van der Waals surface area (Å²) in [5.74, 6) is 0.823. The number of hydrogen-bond donors (Lipinski definition) is 1. The molecule has 1 atom stereocenters. The smallest absolute Gasteiger partial charge is 0.240 e. The van der Waals surface area contributed by atoms with E-state index in [1.807, 2.05) is 0 Å². The molecule has 2 N–H and O–H groups in total. The summed E-state index contributed by atoms with van der Waals surface area (Å²) in [5, 5.41) is 0. The highest BCUT2D eigenvalue weighted by atomic mass is 16.5. The normalized spacial score (nSPS) is 12.2. The van der Waals surface area contributed by atoms with Gasteiger partial charge in [0.25, 0.3) is 0 Å².